The lowest BCUT2D eigenvalue weighted by Crippen LogP contribution is -2.00. The summed E-state index contributed by atoms with van der Waals surface area (Å²) in [5.41, 5.74) is 0. The van der Waals surface area contributed by atoms with E-state index in [4.69, 9.17) is 10.2 Å². The van der Waals surface area contributed by atoms with Crippen molar-refractivity contribution in [2.24, 2.45) is 0 Å². The molecule has 0 aromatic carbocycles. The first kappa shape index (κ1) is 8.78. The summed E-state index contributed by atoms with van der Waals surface area (Å²) in [6.07, 6.45) is -0.540. The number of carbonyl (C=O) groups excluding carboxylic acids is 1. The molecule has 0 saturated carbocycles. The molecule has 54 valence electrons. The fourth-order valence-electron chi connectivity index (χ4n) is 0.117. The summed E-state index contributed by atoms with van der Waals surface area (Å²) in [7, 11) is -3.03. The van der Waals surface area contributed by atoms with Gasteiger partial charge in [-0.25, -0.2) is 4.89 Å². The van der Waals surface area contributed by atoms with Gasteiger partial charge in [-0.2, -0.15) is 4.79 Å². The molecule has 1 atom stereocenters. The van der Waals surface area contributed by atoms with Crippen LogP contribution in [0.1, 0.15) is 0 Å². The average molecular weight is 166 g/mol. The molecule has 0 aliphatic rings. The zero-order chi connectivity index (χ0) is 7.98. The molecule has 0 aromatic rings. The summed E-state index contributed by atoms with van der Waals surface area (Å²) in [4.78, 5) is 21.2. The van der Waals surface area contributed by atoms with Gasteiger partial charge in [-0.15, -0.1) is 10.2 Å². The zero-order valence-electron chi connectivity index (χ0n) is 4.38. The molecule has 0 radical (unpaired) electrons. The predicted octanol–water partition coefficient (Wildman–Crippen LogP) is 0.202. The maximum atomic E-state index is 9.92. The van der Waals surface area contributed by atoms with Crippen molar-refractivity contribution in [2.45, 2.75) is 0 Å². The molecule has 10 heavy (non-hydrogen) atoms. The second-order valence-corrected chi connectivity index (χ2v) is 1.46. The Labute approximate surface area is 55.6 Å². The van der Waals surface area contributed by atoms with Gasteiger partial charge in [-0.1, -0.05) is 0 Å². The standard InChI is InChI=1S/C2NO6P/c3-1-7-2(4)8-9-10(5)6/p+1. The van der Waals surface area contributed by atoms with Crippen molar-refractivity contribution in [3.05, 3.63) is 0 Å². The van der Waals surface area contributed by atoms with Crippen molar-refractivity contribution < 1.29 is 28.6 Å². The van der Waals surface area contributed by atoms with Crippen LogP contribution in [-0.4, -0.2) is 11.0 Å². The molecule has 0 fully saturated rings. The highest BCUT2D eigenvalue weighted by Gasteiger charge is 2.19. The fourth-order valence-corrected chi connectivity index (χ4v) is 0.241. The Morgan fingerprint density at radius 3 is 2.70 bits per heavy atom. The predicted molar refractivity (Wildman–Crippen MR) is 24.1 cm³/mol. The van der Waals surface area contributed by atoms with Gasteiger partial charge in [0, 0.05) is 4.57 Å². The minimum Gasteiger partial charge on any atom is -0.316 e. The van der Waals surface area contributed by atoms with Crippen molar-refractivity contribution in [2.75, 3.05) is 0 Å². The number of nitriles is 1. The SMILES string of the molecule is N#COC(=O)OO[P+](=O)O. The van der Waals surface area contributed by atoms with E-state index in [1.807, 2.05) is 0 Å². The third-order valence-electron chi connectivity index (χ3n) is 0.298. The number of carbonyl (C=O) groups is 1. The maximum Gasteiger partial charge on any atom is 0.736 e. The smallest absolute Gasteiger partial charge is 0.316 e. The van der Waals surface area contributed by atoms with Gasteiger partial charge in [-0.3, -0.25) is 0 Å². The molecule has 0 aliphatic heterocycles. The van der Waals surface area contributed by atoms with E-state index in [1.165, 1.54) is 0 Å². The summed E-state index contributed by atoms with van der Waals surface area (Å²) in [5, 5.41) is 7.64. The maximum absolute atomic E-state index is 9.92. The summed E-state index contributed by atoms with van der Waals surface area (Å²) in [6, 6.07) is 0. The van der Waals surface area contributed by atoms with Crippen LogP contribution in [0.2, 0.25) is 0 Å². The first-order valence-corrected chi connectivity index (χ1v) is 2.90. The van der Waals surface area contributed by atoms with Crippen molar-refractivity contribution in [1.29, 1.82) is 5.26 Å². The van der Waals surface area contributed by atoms with E-state index in [-0.39, 0.29) is 0 Å². The van der Waals surface area contributed by atoms with E-state index in [2.05, 4.69) is 14.3 Å². The Bertz CT molecular complexity index is 183. The normalized spacial score (nSPS) is 9.40. The Hall–Kier alpha value is -1.22. The Morgan fingerprint density at radius 1 is 1.70 bits per heavy atom. The first-order chi connectivity index (χ1) is 4.66. The first-order valence-electron chi connectivity index (χ1n) is 1.77. The van der Waals surface area contributed by atoms with Crippen LogP contribution in [0.5, 0.6) is 0 Å². The van der Waals surface area contributed by atoms with Gasteiger partial charge in [0.1, 0.15) is 4.67 Å². The minimum atomic E-state index is -3.03. The van der Waals surface area contributed by atoms with Crippen molar-refractivity contribution >= 4 is 14.4 Å². The van der Waals surface area contributed by atoms with E-state index >= 15 is 0 Å². The van der Waals surface area contributed by atoms with Gasteiger partial charge < -0.3 is 4.74 Å². The molecule has 0 aromatic heterocycles. The van der Waals surface area contributed by atoms with Crippen LogP contribution in [0, 0.1) is 11.5 Å². The minimum absolute atomic E-state index is 0.960. The lowest BCUT2D eigenvalue weighted by molar-refractivity contribution is -0.162. The molecule has 0 spiro atoms. The third-order valence-corrected chi connectivity index (χ3v) is 0.500. The molecule has 0 amide bonds. The average Bonchev–Trinajstić information content (AvgIpc) is 1.85. The number of nitrogens with zero attached hydrogens (tertiary/aromatic N) is 1. The quantitative estimate of drug-likeness (QED) is 0.205. The monoisotopic (exact) mass is 166 g/mol. The van der Waals surface area contributed by atoms with Crippen LogP contribution in [0.25, 0.3) is 0 Å². The molecule has 0 bridgehead atoms. The molecular weight excluding hydrogens is 165 g/mol. The number of hydrogen-bond acceptors (Lipinski definition) is 6. The molecule has 7 nitrogen and oxygen atoms in total. The third kappa shape index (κ3) is 4.93. The van der Waals surface area contributed by atoms with Crippen LogP contribution in [0.15, 0.2) is 0 Å². The molecular formula is C2HNO6P+. The lowest BCUT2D eigenvalue weighted by atomic mass is 11.3. The summed E-state index contributed by atoms with van der Waals surface area (Å²) < 4.78 is 16.5. The lowest BCUT2D eigenvalue weighted by Gasteiger charge is -1.84. The molecule has 1 unspecified atom stereocenters. The van der Waals surface area contributed by atoms with Crippen molar-refractivity contribution in [1.82, 2.24) is 0 Å². The van der Waals surface area contributed by atoms with Gasteiger partial charge in [-0.05, 0) is 0 Å². The van der Waals surface area contributed by atoms with Crippen LogP contribution in [0.4, 0.5) is 4.79 Å². The highest BCUT2D eigenvalue weighted by Crippen LogP contribution is 2.14. The van der Waals surface area contributed by atoms with Crippen LogP contribution in [0.3, 0.4) is 0 Å². The van der Waals surface area contributed by atoms with E-state index < -0.39 is 14.4 Å². The molecule has 0 aliphatic carbocycles. The van der Waals surface area contributed by atoms with E-state index in [9.17, 15) is 9.36 Å². The zero-order valence-corrected chi connectivity index (χ0v) is 5.28. The van der Waals surface area contributed by atoms with Crippen molar-refractivity contribution in [3.63, 3.8) is 0 Å². The highest BCUT2D eigenvalue weighted by atomic mass is 31.1. The molecule has 0 rings (SSSR count). The molecule has 1 N–H and O–H groups in total. The Kier molecular flexibility index (Phi) is 4.07. The van der Waals surface area contributed by atoms with E-state index in [0.29, 0.717) is 0 Å². The summed E-state index contributed by atoms with van der Waals surface area (Å²) in [6.45, 7) is 0. The molecule has 8 heteroatoms. The van der Waals surface area contributed by atoms with E-state index in [1.54, 1.807) is 0 Å². The number of ether oxygens (including phenoxy) is 1. The summed E-state index contributed by atoms with van der Waals surface area (Å²) in [5.74, 6) is 0. The van der Waals surface area contributed by atoms with Crippen LogP contribution in [-0.2, 0) is 18.9 Å². The van der Waals surface area contributed by atoms with Gasteiger partial charge in [0.2, 0.25) is 0 Å². The topological polar surface area (TPSA) is 106 Å². The van der Waals surface area contributed by atoms with E-state index in [0.717, 1.165) is 6.26 Å². The highest BCUT2D eigenvalue weighted by molar-refractivity contribution is 7.31. The van der Waals surface area contributed by atoms with Gasteiger partial charge in [0.25, 0.3) is 6.26 Å². The molecule has 0 heterocycles. The molecule has 0 saturated heterocycles. The fraction of sp³-hybridized carbons (Fsp3) is 0. The van der Waals surface area contributed by atoms with Gasteiger partial charge >= 0.3 is 14.4 Å². The largest absolute Gasteiger partial charge is 0.736 e. The van der Waals surface area contributed by atoms with Gasteiger partial charge in [0.15, 0.2) is 0 Å². The number of hydrogen-bond donors (Lipinski definition) is 1. The van der Waals surface area contributed by atoms with Gasteiger partial charge in [0.05, 0.1) is 0 Å². The van der Waals surface area contributed by atoms with Crippen LogP contribution >= 0.6 is 8.25 Å². The van der Waals surface area contributed by atoms with Crippen molar-refractivity contribution in [3.8, 4) is 6.26 Å². The summed E-state index contributed by atoms with van der Waals surface area (Å²) >= 11 is 0. The second kappa shape index (κ2) is 4.64. The Morgan fingerprint density at radius 2 is 2.30 bits per heavy atom. The van der Waals surface area contributed by atoms with Crippen LogP contribution < -0.4 is 0 Å². The second-order valence-electron chi connectivity index (χ2n) is 0.839. The number of rotatable bonds is 2. The Balaban J connectivity index is 3.42.